The first-order chi connectivity index (χ1) is 11.2. The van der Waals surface area contributed by atoms with Gasteiger partial charge in [-0.2, -0.15) is 0 Å². The summed E-state index contributed by atoms with van der Waals surface area (Å²) in [6, 6.07) is 15.2. The minimum atomic E-state index is -0.335. The number of aromatic nitrogens is 1. The van der Waals surface area contributed by atoms with Gasteiger partial charge in [0.25, 0.3) is 0 Å². The van der Waals surface area contributed by atoms with E-state index in [2.05, 4.69) is 9.88 Å². The van der Waals surface area contributed by atoms with Crippen LogP contribution in [-0.2, 0) is 0 Å². The lowest BCUT2D eigenvalue weighted by Crippen LogP contribution is -2.17. The molecule has 116 valence electrons. The number of H-pyrrole nitrogens is 1. The van der Waals surface area contributed by atoms with Crippen molar-refractivity contribution in [3.8, 4) is 17.0 Å². The lowest BCUT2D eigenvalue weighted by atomic mass is 10.1. The topological polar surface area (TPSA) is 56.3 Å². The van der Waals surface area contributed by atoms with E-state index in [9.17, 15) is 9.90 Å². The number of hydrogen-bond acceptors (Lipinski definition) is 3. The highest BCUT2D eigenvalue weighted by Crippen LogP contribution is 2.29. The van der Waals surface area contributed by atoms with Crippen LogP contribution in [0.3, 0.4) is 0 Å². The number of nitrogens with zero attached hydrogens (tertiary/aromatic N) is 1. The Morgan fingerprint density at radius 2 is 1.65 bits per heavy atom. The quantitative estimate of drug-likeness (QED) is 0.762. The maximum Gasteiger partial charge on any atom is 0.231 e. The van der Waals surface area contributed by atoms with Crippen LogP contribution >= 0.6 is 0 Å². The van der Waals surface area contributed by atoms with Crippen LogP contribution in [-0.4, -0.2) is 23.2 Å². The van der Waals surface area contributed by atoms with Crippen molar-refractivity contribution in [3.05, 3.63) is 58.8 Å². The van der Waals surface area contributed by atoms with E-state index >= 15 is 0 Å². The van der Waals surface area contributed by atoms with Crippen molar-refractivity contribution < 1.29 is 5.11 Å². The summed E-state index contributed by atoms with van der Waals surface area (Å²) in [6.07, 6.45) is 2.47. The molecular weight excluding hydrogens is 288 g/mol. The second kappa shape index (κ2) is 5.47. The first-order valence-electron chi connectivity index (χ1n) is 7.93. The molecule has 1 saturated heterocycles. The van der Waals surface area contributed by atoms with Crippen molar-refractivity contribution in [1.82, 2.24) is 4.98 Å². The Balaban J connectivity index is 1.79. The average Bonchev–Trinajstić information content (AvgIpc) is 3.13. The van der Waals surface area contributed by atoms with Crippen LogP contribution in [0.2, 0.25) is 0 Å². The summed E-state index contributed by atoms with van der Waals surface area (Å²) < 4.78 is 0. The molecule has 1 aliphatic heterocycles. The summed E-state index contributed by atoms with van der Waals surface area (Å²) in [7, 11) is 0. The highest BCUT2D eigenvalue weighted by molar-refractivity contribution is 5.84. The van der Waals surface area contributed by atoms with E-state index in [4.69, 9.17) is 0 Å². The molecular formula is C19H18N2O2. The number of aromatic amines is 1. The SMILES string of the molecule is O=c1c(O)c(-c2ccc(N3CCCC3)cc2)[nH]c2ccccc12. The Bertz CT molecular complexity index is 907. The van der Waals surface area contributed by atoms with Crippen molar-refractivity contribution in [3.63, 3.8) is 0 Å². The van der Waals surface area contributed by atoms with Crippen molar-refractivity contribution in [2.45, 2.75) is 12.8 Å². The molecule has 23 heavy (non-hydrogen) atoms. The third kappa shape index (κ3) is 2.36. The molecule has 0 saturated carbocycles. The molecule has 0 bridgehead atoms. The van der Waals surface area contributed by atoms with Crippen molar-refractivity contribution in [1.29, 1.82) is 0 Å². The Kier molecular flexibility index (Phi) is 3.30. The van der Waals surface area contributed by atoms with Crippen molar-refractivity contribution in [2.75, 3.05) is 18.0 Å². The fourth-order valence-electron chi connectivity index (χ4n) is 3.25. The molecule has 0 radical (unpaired) electrons. The summed E-state index contributed by atoms with van der Waals surface area (Å²) in [5.74, 6) is -0.224. The predicted molar refractivity (Wildman–Crippen MR) is 93.1 cm³/mol. The van der Waals surface area contributed by atoms with Crippen LogP contribution in [0.15, 0.2) is 53.3 Å². The number of anilines is 1. The Labute approximate surface area is 134 Å². The van der Waals surface area contributed by atoms with Gasteiger partial charge in [0.1, 0.15) is 0 Å². The van der Waals surface area contributed by atoms with Gasteiger partial charge in [0.15, 0.2) is 5.75 Å². The second-order valence-electron chi connectivity index (χ2n) is 5.96. The van der Waals surface area contributed by atoms with E-state index in [-0.39, 0.29) is 11.2 Å². The average molecular weight is 306 g/mol. The Morgan fingerprint density at radius 3 is 2.39 bits per heavy atom. The zero-order valence-corrected chi connectivity index (χ0v) is 12.7. The number of pyridine rings is 1. The van der Waals surface area contributed by atoms with E-state index in [0.29, 0.717) is 11.1 Å². The van der Waals surface area contributed by atoms with Gasteiger partial charge >= 0.3 is 0 Å². The molecule has 4 heteroatoms. The minimum absolute atomic E-state index is 0.224. The first-order valence-corrected chi connectivity index (χ1v) is 7.93. The minimum Gasteiger partial charge on any atom is -0.503 e. The van der Waals surface area contributed by atoms with Gasteiger partial charge in [-0.1, -0.05) is 24.3 Å². The molecule has 0 aliphatic carbocycles. The molecule has 0 spiro atoms. The van der Waals surface area contributed by atoms with Gasteiger partial charge in [-0.3, -0.25) is 4.79 Å². The summed E-state index contributed by atoms with van der Waals surface area (Å²) in [4.78, 5) is 17.9. The van der Waals surface area contributed by atoms with Crippen LogP contribution in [0.25, 0.3) is 22.2 Å². The van der Waals surface area contributed by atoms with Gasteiger partial charge in [0.2, 0.25) is 5.43 Å². The number of nitrogens with one attached hydrogen (secondary N) is 1. The van der Waals surface area contributed by atoms with Crippen LogP contribution in [0.4, 0.5) is 5.69 Å². The van der Waals surface area contributed by atoms with Gasteiger partial charge in [-0.05, 0) is 37.1 Å². The van der Waals surface area contributed by atoms with Crippen molar-refractivity contribution >= 4 is 16.6 Å². The summed E-state index contributed by atoms with van der Waals surface area (Å²) in [5, 5.41) is 10.8. The van der Waals surface area contributed by atoms with Gasteiger partial charge < -0.3 is 15.0 Å². The fourth-order valence-corrected chi connectivity index (χ4v) is 3.25. The lowest BCUT2D eigenvalue weighted by molar-refractivity contribution is 0.471. The molecule has 2 aromatic carbocycles. The second-order valence-corrected chi connectivity index (χ2v) is 5.96. The van der Waals surface area contributed by atoms with Gasteiger partial charge in [0, 0.05) is 35.2 Å². The number of rotatable bonds is 2. The monoisotopic (exact) mass is 306 g/mol. The van der Waals surface area contributed by atoms with Crippen LogP contribution in [0, 0.1) is 0 Å². The third-order valence-electron chi connectivity index (χ3n) is 4.51. The maximum absolute atomic E-state index is 12.3. The van der Waals surface area contributed by atoms with E-state index < -0.39 is 0 Å². The van der Waals surface area contributed by atoms with E-state index in [0.717, 1.165) is 24.2 Å². The van der Waals surface area contributed by atoms with Crippen LogP contribution < -0.4 is 10.3 Å². The first kappa shape index (κ1) is 13.9. The molecule has 1 aliphatic rings. The molecule has 0 atom stereocenters. The molecule has 1 fully saturated rings. The number of para-hydroxylation sites is 1. The zero-order chi connectivity index (χ0) is 15.8. The molecule has 3 aromatic rings. The number of benzene rings is 2. The highest BCUT2D eigenvalue weighted by Gasteiger charge is 2.15. The van der Waals surface area contributed by atoms with Crippen molar-refractivity contribution in [2.24, 2.45) is 0 Å². The molecule has 4 nitrogen and oxygen atoms in total. The summed E-state index contributed by atoms with van der Waals surface area (Å²) in [5.41, 5.74) is 2.87. The number of fused-ring (bicyclic) bond motifs is 1. The van der Waals surface area contributed by atoms with Crippen LogP contribution in [0.1, 0.15) is 12.8 Å². The van der Waals surface area contributed by atoms with Gasteiger partial charge in [0.05, 0.1) is 5.69 Å². The highest BCUT2D eigenvalue weighted by atomic mass is 16.3. The third-order valence-corrected chi connectivity index (χ3v) is 4.51. The smallest absolute Gasteiger partial charge is 0.231 e. The normalized spacial score (nSPS) is 14.5. The van der Waals surface area contributed by atoms with E-state index in [1.807, 2.05) is 36.4 Å². The van der Waals surface area contributed by atoms with Gasteiger partial charge in [-0.15, -0.1) is 0 Å². The molecule has 0 amide bonds. The molecule has 1 aromatic heterocycles. The Morgan fingerprint density at radius 1 is 0.957 bits per heavy atom. The zero-order valence-electron chi connectivity index (χ0n) is 12.7. The molecule has 4 rings (SSSR count). The number of hydrogen-bond donors (Lipinski definition) is 2. The fraction of sp³-hybridized carbons (Fsp3) is 0.211. The summed E-state index contributed by atoms with van der Waals surface area (Å²) in [6.45, 7) is 2.19. The lowest BCUT2D eigenvalue weighted by Gasteiger charge is -2.18. The maximum atomic E-state index is 12.3. The standard InChI is InChI=1S/C19H18N2O2/c22-18-15-5-1-2-6-16(15)20-17(19(18)23)13-7-9-14(10-8-13)21-11-3-4-12-21/h1-2,5-10,23H,3-4,11-12H2,(H,20,22). The van der Waals surface area contributed by atoms with Crippen LogP contribution in [0.5, 0.6) is 5.75 Å². The Hall–Kier alpha value is -2.75. The number of aromatic hydroxyl groups is 1. The van der Waals surface area contributed by atoms with E-state index in [1.54, 1.807) is 12.1 Å². The largest absolute Gasteiger partial charge is 0.503 e. The predicted octanol–water partition coefficient (Wildman–Crippen LogP) is 3.50. The molecule has 2 heterocycles. The molecule has 2 N–H and O–H groups in total. The van der Waals surface area contributed by atoms with Gasteiger partial charge in [-0.25, -0.2) is 0 Å². The van der Waals surface area contributed by atoms with E-state index in [1.165, 1.54) is 18.5 Å². The molecule has 0 unspecified atom stereocenters. The summed E-state index contributed by atoms with van der Waals surface area (Å²) >= 11 is 0.